The zero-order valence-corrected chi connectivity index (χ0v) is 12.4. The molecule has 0 saturated carbocycles. The van der Waals surface area contributed by atoms with E-state index in [9.17, 15) is 0 Å². The Hall–Kier alpha value is -2.34. The van der Waals surface area contributed by atoms with E-state index in [1.54, 1.807) is 16.4 Å². The van der Waals surface area contributed by atoms with Gasteiger partial charge in [0.2, 0.25) is 0 Å². The highest BCUT2D eigenvalue weighted by Gasteiger charge is 2.09. The molecule has 0 amide bonds. The van der Waals surface area contributed by atoms with Crippen LogP contribution in [0.4, 0.5) is 5.69 Å². The maximum absolute atomic E-state index is 5.84. The molecule has 0 aliphatic heterocycles. The molecule has 21 heavy (non-hydrogen) atoms. The predicted molar refractivity (Wildman–Crippen MR) is 84.3 cm³/mol. The average molecular weight is 297 g/mol. The Balaban J connectivity index is 1.81. The Morgan fingerprint density at radius 3 is 2.76 bits per heavy atom. The van der Waals surface area contributed by atoms with Gasteiger partial charge in [-0.3, -0.25) is 0 Å². The van der Waals surface area contributed by atoms with Crippen LogP contribution in [0, 0.1) is 6.92 Å². The third kappa shape index (κ3) is 3.05. The van der Waals surface area contributed by atoms with Crippen LogP contribution in [0.25, 0.3) is 5.69 Å². The lowest BCUT2D eigenvalue weighted by Gasteiger charge is -2.07. The van der Waals surface area contributed by atoms with Crippen LogP contribution in [-0.4, -0.2) is 20.2 Å². The van der Waals surface area contributed by atoms with Gasteiger partial charge in [0.15, 0.2) is 5.82 Å². The molecule has 6 heteroatoms. The van der Waals surface area contributed by atoms with Gasteiger partial charge in [-0.1, -0.05) is 24.3 Å². The number of nitrogen functional groups attached to an aromatic ring is 1. The van der Waals surface area contributed by atoms with Crippen LogP contribution in [0.5, 0.6) is 0 Å². The Labute approximate surface area is 127 Å². The SMILES string of the molecule is Cc1ccc(N)cc1SCc1nnnn1-c1ccccc1. The van der Waals surface area contributed by atoms with Crippen molar-refractivity contribution in [3.8, 4) is 5.69 Å². The first kappa shape index (κ1) is 13.6. The van der Waals surface area contributed by atoms with E-state index >= 15 is 0 Å². The number of nitrogens with two attached hydrogens (primary N) is 1. The van der Waals surface area contributed by atoms with E-state index in [1.807, 2.05) is 48.5 Å². The number of thioether (sulfide) groups is 1. The highest BCUT2D eigenvalue weighted by Crippen LogP contribution is 2.27. The molecule has 106 valence electrons. The molecule has 2 aromatic carbocycles. The van der Waals surface area contributed by atoms with Crippen molar-refractivity contribution >= 4 is 17.4 Å². The summed E-state index contributed by atoms with van der Waals surface area (Å²) < 4.78 is 1.76. The summed E-state index contributed by atoms with van der Waals surface area (Å²) in [5.41, 5.74) is 8.77. The van der Waals surface area contributed by atoms with Crippen LogP contribution < -0.4 is 5.73 Å². The smallest absolute Gasteiger partial charge is 0.166 e. The number of rotatable bonds is 4. The maximum Gasteiger partial charge on any atom is 0.166 e. The van der Waals surface area contributed by atoms with Crippen molar-refractivity contribution in [3.63, 3.8) is 0 Å². The highest BCUT2D eigenvalue weighted by atomic mass is 32.2. The largest absolute Gasteiger partial charge is 0.399 e. The van der Waals surface area contributed by atoms with Crippen molar-refractivity contribution in [2.45, 2.75) is 17.6 Å². The van der Waals surface area contributed by atoms with Gasteiger partial charge in [0.05, 0.1) is 11.4 Å². The summed E-state index contributed by atoms with van der Waals surface area (Å²) in [4.78, 5) is 1.15. The third-order valence-corrected chi connectivity index (χ3v) is 4.26. The van der Waals surface area contributed by atoms with Gasteiger partial charge in [-0.15, -0.1) is 16.9 Å². The minimum Gasteiger partial charge on any atom is -0.399 e. The number of anilines is 1. The standard InChI is InChI=1S/C15H15N5S/c1-11-7-8-12(16)9-14(11)21-10-15-17-18-19-20(15)13-5-3-2-4-6-13/h2-9H,10,16H2,1H3. The lowest BCUT2D eigenvalue weighted by molar-refractivity contribution is 0.777. The molecule has 0 spiro atoms. The van der Waals surface area contributed by atoms with Gasteiger partial charge in [-0.05, 0) is 47.2 Å². The van der Waals surface area contributed by atoms with Gasteiger partial charge in [0.25, 0.3) is 0 Å². The van der Waals surface area contributed by atoms with Crippen molar-refractivity contribution in [3.05, 3.63) is 59.9 Å². The number of benzene rings is 2. The molecule has 5 nitrogen and oxygen atoms in total. The zero-order valence-electron chi connectivity index (χ0n) is 11.6. The van der Waals surface area contributed by atoms with Crippen molar-refractivity contribution in [1.29, 1.82) is 0 Å². The topological polar surface area (TPSA) is 69.6 Å². The monoisotopic (exact) mass is 297 g/mol. The predicted octanol–water partition coefficient (Wildman–Crippen LogP) is 2.85. The normalized spacial score (nSPS) is 10.7. The van der Waals surface area contributed by atoms with Crippen LogP contribution in [0.1, 0.15) is 11.4 Å². The Morgan fingerprint density at radius 2 is 1.95 bits per heavy atom. The Kier molecular flexibility index (Phi) is 3.87. The first-order valence-electron chi connectivity index (χ1n) is 6.55. The first-order chi connectivity index (χ1) is 10.2. The number of tetrazole rings is 1. The van der Waals surface area contributed by atoms with Crippen molar-refractivity contribution < 1.29 is 0 Å². The van der Waals surface area contributed by atoms with Crippen LogP contribution in [-0.2, 0) is 5.75 Å². The fourth-order valence-corrected chi connectivity index (χ4v) is 2.96. The van der Waals surface area contributed by atoms with Gasteiger partial charge in [-0.2, -0.15) is 4.68 Å². The fraction of sp³-hybridized carbons (Fsp3) is 0.133. The number of aromatic nitrogens is 4. The van der Waals surface area contributed by atoms with E-state index in [0.717, 1.165) is 22.1 Å². The molecule has 1 heterocycles. The number of aryl methyl sites for hydroxylation is 1. The Morgan fingerprint density at radius 1 is 1.14 bits per heavy atom. The molecule has 3 aromatic rings. The number of hydrogen-bond acceptors (Lipinski definition) is 5. The second-order valence-corrected chi connectivity index (χ2v) is 5.67. The highest BCUT2D eigenvalue weighted by molar-refractivity contribution is 7.98. The van der Waals surface area contributed by atoms with E-state index in [2.05, 4.69) is 22.4 Å². The molecule has 0 saturated heterocycles. The van der Waals surface area contributed by atoms with E-state index in [4.69, 9.17) is 5.73 Å². The third-order valence-electron chi connectivity index (χ3n) is 3.10. The molecule has 2 N–H and O–H groups in total. The lowest BCUT2D eigenvalue weighted by Crippen LogP contribution is -2.02. The van der Waals surface area contributed by atoms with E-state index in [-0.39, 0.29) is 0 Å². The quantitative estimate of drug-likeness (QED) is 0.592. The van der Waals surface area contributed by atoms with Crippen LogP contribution >= 0.6 is 11.8 Å². The molecule has 0 aliphatic carbocycles. The van der Waals surface area contributed by atoms with Crippen LogP contribution in [0.2, 0.25) is 0 Å². The van der Waals surface area contributed by atoms with Crippen molar-refractivity contribution in [1.82, 2.24) is 20.2 Å². The fourth-order valence-electron chi connectivity index (χ4n) is 1.98. The second-order valence-electron chi connectivity index (χ2n) is 4.66. The summed E-state index contributed by atoms with van der Waals surface area (Å²) in [5.74, 6) is 1.50. The molecular formula is C15H15N5S. The number of hydrogen-bond donors (Lipinski definition) is 1. The van der Waals surface area contributed by atoms with E-state index < -0.39 is 0 Å². The average Bonchev–Trinajstić information content (AvgIpc) is 2.97. The summed E-state index contributed by atoms with van der Waals surface area (Å²) >= 11 is 1.68. The summed E-state index contributed by atoms with van der Waals surface area (Å²) in [7, 11) is 0. The molecule has 0 bridgehead atoms. The minimum atomic E-state index is 0.687. The minimum absolute atomic E-state index is 0.687. The van der Waals surface area contributed by atoms with Gasteiger partial charge in [0.1, 0.15) is 0 Å². The molecule has 3 rings (SSSR count). The van der Waals surface area contributed by atoms with E-state index in [1.165, 1.54) is 5.56 Å². The van der Waals surface area contributed by atoms with Gasteiger partial charge in [-0.25, -0.2) is 0 Å². The molecule has 0 fully saturated rings. The van der Waals surface area contributed by atoms with Gasteiger partial charge in [0, 0.05) is 10.6 Å². The molecule has 0 aliphatic rings. The van der Waals surface area contributed by atoms with Crippen LogP contribution in [0.15, 0.2) is 53.4 Å². The molecule has 1 aromatic heterocycles. The summed E-state index contributed by atoms with van der Waals surface area (Å²) in [6.07, 6.45) is 0. The van der Waals surface area contributed by atoms with E-state index in [0.29, 0.717) is 5.75 Å². The second kappa shape index (κ2) is 5.97. The Bertz CT molecular complexity index is 739. The van der Waals surface area contributed by atoms with Crippen LogP contribution in [0.3, 0.4) is 0 Å². The first-order valence-corrected chi connectivity index (χ1v) is 7.54. The molecule has 0 radical (unpaired) electrons. The van der Waals surface area contributed by atoms with Gasteiger partial charge >= 0.3 is 0 Å². The zero-order chi connectivity index (χ0) is 14.7. The number of para-hydroxylation sites is 1. The molecule has 0 atom stereocenters. The molecule has 0 unspecified atom stereocenters. The van der Waals surface area contributed by atoms with Crippen molar-refractivity contribution in [2.24, 2.45) is 0 Å². The van der Waals surface area contributed by atoms with Gasteiger partial charge < -0.3 is 5.73 Å². The number of nitrogens with zero attached hydrogens (tertiary/aromatic N) is 4. The lowest BCUT2D eigenvalue weighted by atomic mass is 10.2. The summed E-state index contributed by atoms with van der Waals surface area (Å²) in [6, 6.07) is 15.8. The summed E-state index contributed by atoms with van der Waals surface area (Å²) in [5, 5.41) is 11.9. The molecular weight excluding hydrogens is 282 g/mol. The maximum atomic E-state index is 5.84. The summed E-state index contributed by atoms with van der Waals surface area (Å²) in [6.45, 7) is 2.07. The van der Waals surface area contributed by atoms with Crippen molar-refractivity contribution in [2.75, 3.05) is 5.73 Å².